The quantitative estimate of drug-likeness (QED) is 0.619. The minimum Gasteiger partial charge on any atom is -0.496 e. The van der Waals surface area contributed by atoms with Gasteiger partial charge in [-0.2, -0.15) is 0 Å². The fraction of sp³-hybridized carbons (Fsp3) is 0.222. The molecule has 1 rings (SSSR count). The first-order valence-corrected chi connectivity index (χ1v) is 4.95. The van der Waals surface area contributed by atoms with Gasteiger partial charge in [0.1, 0.15) is 5.75 Å². The van der Waals surface area contributed by atoms with Crippen LogP contribution >= 0.6 is 27.5 Å². The maximum atomic E-state index is 11.3. The summed E-state index contributed by atoms with van der Waals surface area (Å²) in [6.07, 6.45) is 0. The number of ketones is 1. The second kappa shape index (κ2) is 4.63. The number of carbonyl (C=O) groups is 1. The van der Waals surface area contributed by atoms with Crippen LogP contribution in [0.1, 0.15) is 10.4 Å². The van der Waals surface area contributed by atoms with Crippen molar-refractivity contribution < 1.29 is 9.53 Å². The zero-order valence-corrected chi connectivity index (χ0v) is 9.35. The molecule has 1 aromatic carbocycles. The highest BCUT2D eigenvalue weighted by molar-refractivity contribution is 9.10. The van der Waals surface area contributed by atoms with Gasteiger partial charge in [0, 0.05) is 5.56 Å². The zero-order chi connectivity index (χ0) is 9.84. The number of alkyl halides is 1. The first kappa shape index (κ1) is 10.5. The maximum Gasteiger partial charge on any atom is 0.178 e. The highest BCUT2D eigenvalue weighted by Crippen LogP contribution is 2.28. The van der Waals surface area contributed by atoms with E-state index in [2.05, 4.69) is 15.9 Å². The Labute approximate surface area is 90.0 Å². The Bertz CT molecular complexity index is 325. The van der Waals surface area contributed by atoms with Crippen molar-refractivity contribution in [3.05, 3.63) is 28.2 Å². The van der Waals surface area contributed by atoms with E-state index in [4.69, 9.17) is 16.3 Å². The van der Waals surface area contributed by atoms with Gasteiger partial charge in [0.05, 0.1) is 17.5 Å². The van der Waals surface area contributed by atoms with Crippen molar-refractivity contribution in [1.29, 1.82) is 0 Å². The molecule has 0 radical (unpaired) electrons. The maximum absolute atomic E-state index is 11.3. The van der Waals surface area contributed by atoms with Crippen molar-refractivity contribution in [2.45, 2.75) is 0 Å². The average Bonchev–Trinajstić information content (AvgIpc) is 2.17. The van der Waals surface area contributed by atoms with E-state index in [1.54, 1.807) is 25.3 Å². The fourth-order valence-electron chi connectivity index (χ4n) is 0.956. The molecule has 0 bridgehead atoms. The molecule has 0 spiro atoms. The van der Waals surface area contributed by atoms with Gasteiger partial charge in [0.15, 0.2) is 5.78 Å². The highest BCUT2D eigenvalue weighted by atomic mass is 79.9. The lowest BCUT2D eigenvalue weighted by Gasteiger charge is -2.06. The number of benzene rings is 1. The molecule has 1 aromatic rings. The number of hydrogen-bond donors (Lipinski definition) is 0. The van der Waals surface area contributed by atoms with Gasteiger partial charge in [-0.1, -0.05) is 6.07 Å². The summed E-state index contributed by atoms with van der Waals surface area (Å²) in [5, 5.41) is 0. The summed E-state index contributed by atoms with van der Waals surface area (Å²) in [5.74, 6) is 0.495. The number of methoxy groups -OCH3 is 1. The monoisotopic (exact) mass is 262 g/mol. The predicted octanol–water partition coefficient (Wildman–Crippen LogP) is 2.88. The van der Waals surface area contributed by atoms with E-state index in [1.807, 2.05) is 0 Å². The van der Waals surface area contributed by atoms with Crippen LogP contribution in [0.5, 0.6) is 5.75 Å². The van der Waals surface area contributed by atoms with Crippen LogP contribution in [0.4, 0.5) is 0 Å². The van der Waals surface area contributed by atoms with Crippen LogP contribution in [-0.2, 0) is 0 Å². The molecule has 0 fully saturated rings. The molecule has 0 aliphatic rings. The molecule has 0 atom stereocenters. The molecule has 0 aromatic heterocycles. The topological polar surface area (TPSA) is 26.3 Å². The molecular formula is C9H8BrClO2. The third kappa shape index (κ3) is 2.23. The molecule has 0 unspecified atom stereocenters. The van der Waals surface area contributed by atoms with Crippen molar-refractivity contribution in [3.8, 4) is 5.75 Å². The first-order valence-electron chi connectivity index (χ1n) is 3.62. The van der Waals surface area contributed by atoms with E-state index in [1.165, 1.54) is 0 Å². The van der Waals surface area contributed by atoms with E-state index >= 15 is 0 Å². The largest absolute Gasteiger partial charge is 0.496 e. The highest BCUT2D eigenvalue weighted by Gasteiger charge is 2.11. The Morgan fingerprint density at radius 3 is 2.85 bits per heavy atom. The summed E-state index contributed by atoms with van der Waals surface area (Å²) >= 11 is 8.72. The van der Waals surface area contributed by atoms with Crippen LogP contribution in [-0.4, -0.2) is 18.8 Å². The number of ether oxygens (including phenoxy) is 1. The molecule has 4 heteroatoms. The van der Waals surface area contributed by atoms with Gasteiger partial charge in [-0.15, -0.1) is 11.6 Å². The molecular weight excluding hydrogens is 255 g/mol. The SMILES string of the molecule is COc1cccc(C(=O)CCl)c1Br. The van der Waals surface area contributed by atoms with Gasteiger partial charge < -0.3 is 4.74 Å². The third-order valence-corrected chi connectivity index (χ3v) is 2.67. The first-order chi connectivity index (χ1) is 6.20. The molecule has 0 N–H and O–H groups in total. The van der Waals surface area contributed by atoms with Gasteiger partial charge in [-0.05, 0) is 28.1 Å². The number of carbonyl (C=O) groups excluding carboxylic acids is 1. The molecule has 0 saturated carbocycles. The molecule has 0 heterocycles. The second-order valence-electron chi connectivity index (χ2n) is 2.38. The number of hydrogen-bond acceptors (Lipinski definition) is 2. The predicted molar refractivity (Wildman–Crippen MR) is 55.7 cm³/mol. The van der Waals surface area contributed by atoms with E-state index in [0.29, 0.717) is 15.8 Å². The molecule has 2 nitrogen and oxygen atoms in total. The van der Waals surface area contributed by atoms with Gasteiger partial charge >= 0.3 is 0 Å². The van der Waals surface area contributed by atoms with Gasteiger partial charge in [-0.25, -0.2) is 0 Å². The van der Waals surface area contributed by atoms with Crippen LogP contribution < -0.4 is 4.74 Å². The Morgan fingerprint density at radius 2 is 2.31 bits per heavy atom. The lowest BCUT2D eigenvalue weighted by Crippen LogP contribution is -2.02. The Morgan fingerprint density at radius 1 is 1.62 bits per heavy atom. The summed E-state index contributed by atoms with van der Waals surface area (Å²) in [7, 11) is 1.55. The number of Topliss-reactive ketones (excluding diaryl/α,β-unsaturated/α-hetero) is 1. The second-order valence-corrected chi connectivity index (χ2v) is 3.44. The van der Waals surface area contributed by atoms with Crippen molar-refractivity contribution in [2.24, 2.45) is 0 Å². The van der Waals surface area contributed by atoms with Gasteiger partial charge in [0.25, 0.3) is 0 Å². The fourth-order valence-corrected chi connectivity index (χ4v) is 1.75. The molecule has 0 aliphatic carbocycles. The van der Waals surface area contributed by atoms with Crippen LogP contribution in [0.25, 0.3) is 0 Å². The average molecular weight is 264 g/mol. The van der Waals surface area contributed by atoms with Gasteiger partial charge in [0.2, 0.25) is 0 Å². The zero-order valence-electron chi connectivity index (χ0n) is 7.01. The lowest BCUT2D eigenvalue weighted by molar-refractivity contribution is 0.102. The summed E-state index contributed by atoms with van der Waals surface area (Å²) in [6.45, 7) is 0. The van der Waals surface area contributed by atoms with Crippen molar-refractivity contribution in [1.82, 2.24) is 0 Å². The number of rotatable bonds is 3. The van der Waals surface area contributed by atoms with Crippen LogP contribution in [0, 0.1) is 0 Å². The molecule has 0 amide bonds. The van der Waals surface area contributed by atoms with E-state index in [0.717, 1.165) is 0 Å². The smallest absolute Gasteiger partial charge is 0.178 e. The van der Waals surface area contributed by atoms with Crippen LogP contribution in [0.2, 0.25) is 0 Å². The van der Waals surface area contributed by atoms with Crippen LogP contribution in [0.3, 0.4) is 0 Å². The summed E-state index contributed by atoms with van der Waals surface area (Å²) in [4.78, 5) is 11.3. The van der Waals surface area contributed by atoms with Crippen LogP contribution in [0.15, 0.2) is 22.7 Å². The van der Waals surface area contributed by atoms with Gasteiger partial charge in [-0.3, -0.25) is 4.79 Å². The number of halogens is 2. The standard InChI is InChI=1S/C9H8BrClO2/c1-13-8-4-2-3-6(9(8)10)7(12)5-11/h2-4H,5H2,1H3. The Balaban J connectivity index is 3.15. The van der Waals surface area contributed by atoms with Crippen molar-refractivity contribution in [2.75, 3.05) is 13.0 Å². The van der Waals surface area contributed by atoms with E-state index in [9.17, 15) is 4.79 Å². The molecule has 70 valence electrons. The summed E-state index contributed by atoms with van der Waals surface area (Å²) in [6, 6.07) is 5.23. The third-order valence-electron chi connectivity index (χ3n) is 1.60. The molecule has 0 saturated heterocycles. The minimum absolute atomic E-state index is 0.0221. The minimum atomic E-state index is -0.118. The summed E-state index contributed by atoms with van der Waals surface area (Å²) in [5.41, 5.74) is 0.550. The Hall–Kier alpha value is -0.540. The molecule has 13 heavy (non-hydrogen) atoms. The lowest BCUT2D eigenvalue weighted by atomic mass is 10.1. The normalized spacial score (nSPS) is 9.77. The molecule has 0 aliphatic heterocycles. The Kier molecular flexibility index (Phi) is 3.75. The van der Waals surface area contributed by atoms with Crippen molar-refractivity contribution in [3.63, 3.8) is 0 Å². The van der Waals surface area contributed by atoms with E-state index in [-0.39, 0.29) is 11.7 Å². The summed E-state index contributed by atoms with van der Waals surface area (Å²) < 4.78 is 5.69. The van der Waals surface area contributed by atoms with Crippen molar-refractivity contribution >= 4 is 33.3 Å². The van der Waals surface area contributed by atoms with E-state index < -0.39 is 0 Å².